The minimum absolute atomic E-state index is 0.207. The van der Waals surface area contributed by atoms with Gasteiger partial charge in [-0.15, -0.1) is 0 Å². The van der Waals surface area contributed by atoms with E-state index in [1.807, 2.05) is 7.05 Å². The minimum Gasteiger partial charge on any atom is -0.387 e. The summed E-state index contributed by atoms with van der Waals surface area (Å²) >= 11 is 0. The van der Waals surface area contributed by atoms with Crippen molar-refractivity contribution in [1.29, 1.82) is 0 Å². The van der Waals surface area contributed by atoms with E-state index in [2.05, 4.69) is 54.4 Å². The molecule has 0 aliphatic carbocycles. The number of rotatable bonds is 4. The fourth-order valence-electron chi connectivity index (χ4n) is 1.29. The first-order chi connectivity index (χ1) is 6.51. The number of nitrogens with zero attached hydrogens (tertiary/aromatic N) is 1. The maximum atomic E-state index is 3.46. The monoisotopic (exact) mass is 195 g/mol. The molecule has 2 N–H and O–H groups in total. The number of nitrogens with one attached hydrogen (secondary N) is 2. The third-order valence-electron chi connectivity index (χ3n) is 2.06. The molecule has 3 nitrogen and oxygen atoms in total. The number of aromatic nitrogens is 1. The van der Waals surface area contributed by atoms with Crippen LogP contribution in [-0.2, 0) is 6.54 Å². The highest BCUT2D eigenvalue weighted by Crippen LogP contribution is 2.06. The van der Waals surface area contributed by atoms with E-state index < -0.39 is 0 Å². The zero-order valence-corrected chi connectivity index (χ0v) is 9.59. The molecule has 1 aromatic rings. The summed E-state index contributed by atoms with van der Waals surface area (Å²) in [5, 5.41) is 6.57. The summed E-state index contributed by atoms with van der Waals surface area (Å²) in [6.45, 7) is 8.56. The zero-order valence-electron chi connectivity index (χ0n) is 9.59. The summed E-state index contributed by atoms with van der Waals surface area (Å²) in [5.41, 5.74) is 1.37. The van der Waals surface area contributed by atoms with Crippen LogP contribution in [0.25, 0.3) is 0 Å². The average molecular weight is 195 g/mol. The number of hydrogen-bond acceptors (Lipinski definition) is 2. The predicted molar refractivity (Wildman–Crippen MR) is 61.7 cm³/mol. The summed E-state index contributed by atoms with van der Waals surface area (Å²) in [6.07, 6.45) is 4.21. The lowest BCUT2D eigenvalue weighted by atomic mass is 10.1. The molecular weight excluding hydrogens is 174 g/mol. The van der Waals surface area contributed by atoms with Gasteiger partial charge >= 0.3 is 0 Å². The maximum absolute atomic E-state index is 3.46. The van der Waals surface area contributed by atoms with E-state index in [1.54, 1.807) is 0 Å². The molecule has 1 heterocycles. The molecule has 0 saturated heterocycles. The van der Waals surface area contributed by atoms with Crippen LogP contribution in [0.1, 0.15) is 20.8 Å². The number of hydrogen-bond donors (Lipinski definition) is 2. The van der Waals surface area contributed by atoms with Crippen LogP contribution in [0.4, 0.5) is 5.69 Å². The van der Waals surface area contributed by atoms with Crippen molar-refractivity contribution in [3.8, 4) is 0 Å². The second kappa shape index (κ2) is 4.51. The molecule has 0 unspecified atom stereocenters. The predicted octanol–water partition coefficient (Wildman–Crippen LogP) is 1.92. The van der Waals surface area contributed by atoms with Crippen molar-refractivity contribution in [2.24, 2.45) is 0 Å². The standard InChI is InChI=1S/C11H21N3/c1-11(2,3)13-6-8-14-7-5-10(9-14)12-4/h5,7,9,12-13H,6,8H2,1-4H3. The van der Waals surface area contributed by atoms with Crippen LogP contribution in [-0.4, -0.2) is 23.7 Å². The fraction of sp³-hybridized carbons (Fsp3) is 0.636. The van der Waals surface area contributed by atoms with Gasteiger partial charge in [0.2, 0.25) is 0 Å². The normalized spacial score (nSPS) is 11.7. The Morgan fingerprint density at radius 2 is 2.07 bits per heavy atom. The van der Waals surface area contributed by atoms with Gasteiger partial charge in [-0.25, -0.2) is 0 Å². The van der Waals surface area contributed by atoms with Crippen LogP contribution >= 0.6 is 0 Å². The third kappa shape index (κ3) is 3.83. The van der Waals surface area contributed by atoms with Gasteiger partial charge in [0.25, 0.3) is 0 Å². The Morgan fingerprint density at radius 1 is 1.36 bits per heavy atom. The Labute approximate surface area is 86.5 Å². The van der Waals surface area contributed by atoms with Gasteiger partial charge in [0.15, 0.2) is 0 Å². The van der Waals surface area contributed by atoms with E-state index in [-0.39, 0.29) is 5.54 Å². The van der Waals surface area contributed by atoms with Crippen molar-refractivity contribution >= 4 is 5.69 Å². The molecule has 0 aliphatic heterocycles. The molecule has 0 aliphatic rings. The van der Waals surface area contributed by atoms with E-state index in [1.165, 1.54) is 5.69 Å². The lowest BCUT2D eigenvalue weighted by Gasteiger charge is -2.20. The van der Waals surface area contributed by atoms with Crippen molar-refractivity contribution in [3.05, 3.63) is 18.5 Å². The first kappa shape index (κ1) is 11.1. The first-order valence-electron chi connectivity index (χ1n) is 5.10. The highest BCUT2D eigenvalue weighted by Gasteiger charge is 2.07. The maximum Gasteiger partial charge on any atom is 0.0517 e. The Morgan fingerprint density at radius 3 is 2.57 bits per heavy atom. The molecule has 0 amide bonds. The fourth-order valence-corrected chi connectivity index (χ4v) is 1.29. The van der Waals surface area contributed by atoms with Crippen LogP contribution in [0.15, 0.2) is 18.5 Å². The van der Waals surface area contributed by atoms with Gasteiger partial charge in [-0.1, -0.05) is 0 Å². The molecule has 0 radical (unpaired) electrons. The van der Waals surface area contributed by atoms with Crippen LogP contribution < -0.4 is 10.6 Å². The zero-order chi connectivity index (χ0) is 10.6. The number of anilines is 1. The summed E-state index contributed by atoms with van der Waals surface area (Å²) in [4.78, 5) is 0. The van der Waals surface area contributed by atoms with Gasteiger partial charge in [-0.05, 0) is 26.8 Å². The summed E-state index contributed by atoms with van der Waals surface area (Å²) in [7, 11) is 1.94. The van der Waals surface area contributed by atoms with Crippen molar-refractivity contribution in [3.63, 3.8) is 0 Å². The Balaban J connectivity index is 2.31. The summed E-state index contributed by atoms with van der Waals surface area (Å²) in [6, 6.07) is 2.08. The van der Waals surface area contributed by atoms with Crippen molar-refractivity contribution in [1.82, 2.24) is 9.88 Å². The van der Waals surface area contributed by atoms with Gasteiger partial charge in [0.1, 0.15) is 0 Å². The Kier molecular flexibility index (Phi) is 3.58. The van der Waals surface area contributed by atoms with Gasteiger partial charge < -0.3 is 15.2 Å². The van der Waals surface area contributed by atoms with E-state index in [0.29, 0.717) is 0 Å². The van der Waals surface area contributed by atoms with Crippen LogP contribution in [0, 0.1) is 0 Å². The molecule has 3 heteroatoms. The topological polar surface area (TPSA) is 29.0 Å². The first-order valence-corrected chi connectivity index (χ1v) is 5.10. The lowest BCUT2D eigenvalue weighted by molar-refractivity contribution is 0.413. The molecule has 80 valence electrons. The van der Waals surface area contributed by atoms with Crippen molar-refractivity contribution in [2.45, 2.75) is 32.9 Å². The quantitative estimate of drug-likeness (QED) is 0.768. The average Bonchev–Trinajstić information content (AvgIpc) is 2.50. The van der Waals surface area contributed by atoms with Crippen LogP contribution in [0.5, 0.6) is 0 Å². The molecule has 14 heavy (non-hydrogen) atoms. The molecule has 0 bridgehead atoms. The van der Waals surface area contributed by atoms with Gasteiger partial charge in [0, 0.05) is 38.1 Å². The molecule has 0 saturated carbocycles. The molecule has 0 fully saturated rings. The van der Waals surface area contributed by atoms with E-state index >= 15 is 0 Å². The van der Waals surface area contributed by atoms with Crippen molar-refractivity contribution in [2.75, 3.05) is 18.9 Å². The van der Waals surface area contributed by atoms with Gasteiger partial charge in [-0.3, -0.25) is 0 Å². The largest absolute Gasteiger partial charge is 0.387 e. The smallest absolute Gasteiger partial charge is 0.0517 e. The molecule has 0 atom stereocenters. The highest BCUT2D eigenvalue weighted by atomic mass is 15.0. The van der Waals surface area contributed by atoms with E-state index in [0.717, 1.165) is 13.1 Å². The third-order valence-corrected chi connectivity index (χ3v) is 2.06. The second-order valence-electron chi connectivity index (χ2n) is 4.56. The SMILES string of the molecule is CNc1ccn(CCNC(C)(C)C)c1. The summed E-state index contributed by atoms with van der Waals surface area (Å²) in [5.74, 6) is 0. The Hall–Kier alpha value is -0.960. The van der Waals surface area contributed by atoms with E-state index in [4.69, 9.17) is 0 Å². The highest BCUT2D eigenvalue weighted by molar-refractivity contribution is 5.39. The minimum atomic E-state index is 0.207. The Bertz CT molecular complexity index is 270. The molecular formula is C11H21N3. The van der Waals surface area contributed by atoms with Gasteiger partial charge in [0.05, 0.1) is 5.69 Å². The molecule has 1 rings (SSSR count). The second-order valence-corrected chi connectivity index (χ2v) is 4.56. The summed E-state index contributed by atoms with van der Waals surface area (Å²) < 4.78 is 2.19. The van der Waals surface area contributed by atoms with Gasteiger partial charge in [-0.2, -0.15) is 0 Å². The lowest BCUT2D eigenvalue weighted by Crippen LogP contribution is -2.37. The van der Waals surface area contributed by atoms with Crippen LogP contribution in [0.3, 0.4) is 0 Å². The van der Waals surface area contributed by atoms with Crippen LogP contribution in [0.2, 0.25) is 0 Å². The van der Waals surface area contributed by atoms with E-state index in [9.17, 15) is 0 Å². The molecule has 0 spiro atoms. The molecule has 1 aromatic heterocycles. The van der Waals surface area contributed by atoms with Crippen molar-refractivity contribution < 1.29 is 0 Å². The molecule has 0 aromatic carbocycles.